The van der Waals surface area contributed by atoms with Crippen molar-refractivity contribution in [2.45, 2.75) is 6.54 Å². The van der Waals surface area contributed by atoms with E-state index in [1.807, 2.05) is 0 Å². The number of aliphatic carboxylic acids is 1. The minimum absolute atomic E-state index is 0.0266. The molecule has 54 valence electrons. The van der Waals surface area contributed by atoms with Crippen LogP contribution in [0.3, 0.4) is 0 Å². The molecule has 0 radical (unpaired) electrons. The molecule has 0 fully saturated rings. The Hall–Kier alpha value is -1.52. The fourth-order valence-corrected chi connectivity index (χ4v) is 0.578. The Bertz CT molecular complexity index is 243. The van der Waals surface area contributed by atoms with E-state index in [2.05, 4.69) is 5.10 Å². The number of hydrogen-bond donors (Lipinski definition) is 2. The highest BCUT2D eigenvalue weighted by molar-refractivity contribution is 5.66. The molecule has 0 saturated heterocycles. The Balaban J connectivity index is 2.67. The molecule has 0 amide bonds. The summed E-state index contributed by atoms with van der Waals surface area (Å²) in [5, 5.41) is 20.5. The molecule has 0 bridgehead atoms. The molecule has 0 saturated carbocycles. The third-order valence-electron chi connectivity index (χ3n) is 0.917. The quantitative estimate of drug-likeness (QED) is 0.593. The van der Waals surface area contributed by atoms with Crippen molar-refractivity contribution in [3.63, 3.8) is 0 Å². The van der Waals surface area contributed by atoms with E-state index in [1.165, 1.54) is 12.4 Å². The number of hydrogen-bond acceptors (Lipinski definition) is 3. The van der Waals surface area contributed by atoms with Gasteiger partial charge in [0.05, 0.1) is 12.4 Å². The Morgan fingerprint density at radius 2 is 2.50 bits per heavy atom. The van der Waals surface area contributed by atoms with Crippen molar-refractivity contribution in [3.8, 4) is 5.75 Å². The monoisotopic (exact) mass is 142 g/mol. The lowest BCUT2D eigenvalue weighted by molar-refractivity contribution is -0.137. The summed E-state index contributed by atoms with van der Waals surface area (Å²) < 4.78 is 1.14. The Labute approximate surface area is 56.5 Å². The number of rotatable bonds is 2. The van der Waals surface area contributed by atoms with E-state index in [0.29, 0.717) is 0 Å². The lowest BCUT2D eigenvalue weighted by Crippen LogP contribution is -2.08. The fraction of sp³-hybridized carbons (Fsp3) is 0.200. The van der Waals surface area contributed by atoms with E-state index in [9.17, 15) is 4.79 Å². The molecule has 0 aromatic carbocycles. The summed E-state index contributed by atoms with van der Waals surface area (Å²) in [5.74, 6) is -1.01. The van der Waals surface area contributed by atoms with Crippen LogP contribution in [0.15, 0.2) is 12.4 Å². The van der Waals surface area contributed by atoms with E-state index in [4.69, 9.17) is 10.2 Å². The zero-order valence-corrected chi connectivity index (χ0v) is 5.06. The van der Waals surface area contributed by atoms with Gasteiger partial charge in [0.1, 0.15) is 6.54 Å². The molecule has 1 heterocycles. The van der Waals surface area contributed by atoms with E-state index in [-0.39, 0.29) is 12.3 Å². The highest BCUT2D eigenvalue weighted by Crippen LogP contribution is 2.02. The van der Waals surface area contributed by atoms with Gasteiger partial charge in [-0.1, -0.05) is 0 Å². The summed E-state index contributed by atoms with van der Waals surface area (Å²) in [6, 6.07) is 0. The van der Waals surface area contributed by atoms with Crippen LogP contribution in [0.2, 0.25) is 0 Å². The molecule has 10 heavy (non-hydrogen) atoms. The average Bonchev–Trinajstić information content (AvgIpc) is 2.13. The van der Waals surface area contributed by atoms with Gasteiger partial charge in [-0.15, -0.1) is 0 Å². The van der Waals surface area contributed by atoms with Gasteiger partial charge in [0.2, 0.25) is 0 Å². The van der Waals surface area contributed by atoms with Crippen molar-refractivity contribution in [3.05, 3.63) is 12.4 Å². The molecule has 5 heteroatoms. The lowest BCUT2D eigenvalue weighted by Gasteiger charge is -1.91. The van der Waals surface area contributed by atoms with Crippen LogP contribution in [-0.4, -0.2) is 26.0 Å². The molecule has 1 aromatic heterocycles. The molecule has 2 N–H and O–H groups in total. The van der Waals surface area contributed by atoms with Gasteiger partial charge in [-0.2, -0.15) is 5.10 Å². The van der Waals surface area contributed by atoms with Crippen LogP contribution in [0.25, 0.3) is 0 Å². The number of nitrogens with zero attached hydrogens (tertiary/aromatic N) is 2. The number of carbonyl (C=O) groups is 1. The maximum atomic E-state index is 10.0. The number of carboxylic acid groups (broad SMARTS) is 1. The second-order valence-corrected chi connectivity index (χ2v) is 1.79. The molecule has 0 aliphatic heterocycles. The number of carboxylic acids is 1. The van der Waals surface area contributed by atoms with Gasteiger partial charge in [0.15, 0.2) is 5.75 Å². The fourth-order valence-electron chi connectivity index (χ4n) is 0.578. The molecule has 0 unspecified atom stereocenters. The first-order chi connectivity index (χ1) is 4.68. The van der Waals surface area contributed by atoms with Crippen molar-refractivity contribution >= 4 is 5.97 Å². The maximum absolute atomic E-state index is 10.0. The number of aromatic hydroxyl groups is 1. The van der Waals surface area contributed by atoms with Crippen molar-refractivity contribution in [1.82, 2.24) is 9.78 Å². The highest BCUT2D eigenvalue weighted by Gasteiger charge is 1.99. The molecule has 0 aliphatic carbocycles. The average molecular weight is 142 g/mol. The second-order valence-electron chi connectivity index (χ2n) is 1.79. The van der Waals surface area contributed by atoms with Crippen LogP contribution in [-0.2, 0) is 11.3 Å². The first-order valence-corrected chi connectivity index (χ1v) is 2.61. The van der Waals surface area contributed by atoms with Crippen LogP contribution in [0.1, 0.15) is 0 Å². The Kier molecular flexibility index (Phi) is 1.57. The molecule has 1 rings (SSSR count). The summed E-state index contributed by atoms with van der Waals surface area (Å²) in [6.07, 6.45) is 2.43. The van der Waals surface area contributed by atoms with Gasteiger partial charge in [0, 0.05) is 0 Å². The SMILES string of the molecule is O=C(O)Cn1cc(O)cn1. The maximum Gasteiger partial charge on any atom is 0.325 e. The first kappa shape index (κ1) is 6.60. The van der Waals surface area contributed by atoms with Gasteiger partial charge < -0.3 is 10.2 Å². The van der Waals surface area contributed by atoms with Crippen LogP contribution < -0.4 is 0 Å². The van der Waals surface area contributed by atoms with E-state index >= 15 is 0 Å². The smallest absolute Gasteiger partial charge is 0.325 e. The van der Waals surface area contributed by atoms with Crippen LogP contribution in [0.4, 0.5) is 0 Å². The largest absolute Gasteiger partial charge is 0.505 e. The van der Waals surface area contributed by atoms with Crippen molar-refractivity contribution < 1.29 is 15.0 Å². The zero-order chi connectivity index (χ0) is 7.56. The predicted molar refractivity (Wildman–Crippen MR) is 31.5 cm³/mol. The molecular weight excluding hydrogens is 136 g/mol. The molecule has 1 aromatic rings. The molecule has 0 spiro atoms. The second kappa shape index (κ2) is 2.38. The van der Waals surface area contributed by atoms with Gasteiger partial charge in [-0.05, 0) is 0 Å². The van der Waals surface area contributed by atoms with E-state index in [0.717, 1.165) is 4.68 Å². The first-order valence-electron chi connectivity index (χ1n) is 2.61. The summed E-state index contributed by atoms with van der Waals surface area (Å²) >= 11 is 0. The Morgan fingerprint density at radius 1 is 1.80 bits per heavy atom. The molecule has 5 nitrogen and oxygen atoms in total. The van der Waals surface area contributed by atoms with Gasteiger partial charge in [0.25, 0.3) is 0 Å². The summed E-state index contributed by atoms with van der Waals surface area (Å²) in [4.78, 5) is 10.0. The zero-order valence-electron chi connectivity index (χ0n) is 5.06. The summed E-state index contributed by atoms with van der Waals surface area (Å²) in [7, 11) is 0. The molecular formula is C5H6N2O3. The van der Waals surface area contributed by atoms with E-state index in [1.54, 1.807) is 0 Å². The third kappa shape index (κ3) is 1.48. The van der Waals surface area contributed by atoms with Gasteiger partial charge in [-0.3, -0.25) is 9.48 Å². The van der Waals surface area contributed by atoms with Crippen molar-refractivity contribution in [1.29, 1.82) is 0 Å². The third-order valence-corrected chi connectivity index (χ3v) is 0.917. The van der Waals surface area contributed by atoms with Crippen LogP contribution in [0.5, 0.6) is 5.75 Å². The van der Waals surface area contributed by atoms with Crippen molar-refractivity contribution in [2.75, 3.05) is 0 Å². The molecule has 0 aliphatic rings. The van der Waals surface area contributed by atoms with Gasteiger partial charge >= 0.3 is 5.97 Å². The summed E-state index contributed by atoms with van der Waals surface area (Å²) in [6.45, 7) is -0.222. The lowest BCUT2D eigenvalue weighted by atomic mass is 10.6. The van der Waals surface area contributed by atoms with Gasteiger partial charge in [-0.25, -0.2) is 0 Å². The standard InChI is InChI=1S/C5H6N2O3/c8-4-1-6-7(2-4)3-5(9)10/h1-2,8H,3H2,(H,9,10). The van der Waals surface area contributed by atoms with Crippen molar-refractivity contribution in [2.24, 2.45) is 0 Å². The minimum Gasteiger partial charge on any atom is -0.505 e. The minimum atomic E-state index is -0.983. The predicted octanol–water partition coefficient (Wildman–Crippen LogP) is -0.327. The Morgan fingerprint density at radius 3 is 2.90 bits per heavy atom. The van der Waals surface area contributed by atoms with E-state index < -0.39 is 5.97 Å². The highest BCUT2D eigenvalue weighted by atomic mass is 16.4. The summed E-state index contributed by atoms with van der Waals surface area (Å²) in [5.41, 5.74) is 0. The van der Waals surface area contributed by atoms with Crippen LogP contribution in [0, 0.1) is 0 Å². The normalized spacial score (nSPS) is 9.60. The molecule has 0 atom stereocenters. The van der Waals surface area contributed by atoms with Crippen LogP contribution >= 0.6 is 0 Å². The topological polar surface area (TPSA) is 75.3 Å². The number of aromatic nitrogens is 2.